The quantitative estimate of drug-likeness (QED) is 0.785. The van der Waals surface area contributed by atoms with Crippen molar-refractivity contribution in [2.75, 3.05) is 0 Å². The van der Waals surface area contributed by atoms with Crippen LogP contribution in [0.2, 0.25) is 0 Å². The number of carbonyl (C=O) groups is 1. The van der Waals surface area contributed by atoms with Gasteiger partial charge in [-0.05, 0) is 52.7 Å². The van der Waals surface area contributed by atoms with E-state index in [1.54, 1.807) is 18.2 Å². The van der Waals surface area contributed by atoms with Crippen molar-refractivity contribution in [1.82, 2.24) is 0 Å². The van der Waals surface area contributed by atoms with Crippen LogP contribution in [-0.2, 0) is 0 Å². The van der Waals surface area contributed by atoms with Crippen molar-refractivity contribution in [3.8, 4) is 11.5 Å². The van der Waals surface area contributed by atoms with Gasteiger partial charge in [0.2, 0.25) is 0 Å². The van der Waals surface area contributed by atoms with Crippen LogP contribution in [0.4, 0.5) is 0 Å². The van der Waals surface area contributed by atoms with E-state index in [2.05, 4.69) is 15.9 Å². The van der Waals surface area contributed by atoms with E-state index < -0.39 is 0 Å². The lowest BCUT2D eigenvalue weighted by Gasteiger charge is -2.08. The molecule has 0 atom stereocenters. The van der Waals surface area contributed by atoms with Gasteiger partial charge in [-0.3, -0.25) is 4.79 Å². The van der Waals surface area contributed by atoms with Crippen LogP contribution in [0.3, 0.4) is 0 Å². The number of aldehydes is 1. The fourth-order valence-electron chi connectivity index (χ4n) is 1.47. The van der Waals surface area contributed by atoms with Crippen molar-refractivity contribution in [1.29, 1.82) is 0 Å². The van der Waals surface area contributed by atoms with E-state index in [-0.39, 0.29) is 0 Å². The summed E-state index contributed by atoms with van der Waals surface area (Å²) in [5.74, 6) is 1.39. The summed E-state index contributed by atoms with van der Waals surface area (Å²) in [6.45, 7) is 2.02. The summed E-state index contributed by atoms with van der Waals surface area (Å²) in [6.07, 6.45) is 0.803. The third-order valence-corrected chi connectivity index (χ3v) is 2.93. The SMILES string of the molecule is Cc1ccc(Oc2cccc(C=O)c2)c(Br)c1. The second kappa shape index (κ2) is 5.15. The zero-order chi connectivity index (χ0) is 12.3. The summed E-state index contributed by atoms with van der Waals surface area (Å²) in [4.78, 5) is 10.7. The van der Waals surface area contributed by atoms with Crippen LogP contribution in [-0.4, -0.2) is 6.29 Å². The highest BCUT2D eigenvalue weighted by molar-refractivity contribution is 9.10. The molecule has 2 rings (SSSR count). The summed E-state index contributed by atoms with van der Waals surface area (Å²) >= 11 is 3.45. The fourth-order valence-corrected chi connectivity index (χ4v) is 2.04. The Labute approximate surface area is 108 Å². The first-order valence-corrected chi connectivity index (χ1v) is 5.97. The minimum absolute atomic E-state index is 0.603. The van der Waals surface area contributed by atoms with Crippen molar-refractivity contribution in [2.45, 2.75) is 6.92 Å². The van der Waals surface area contributed by atoms with Gasteiger partial charge < -0.3 is 4.74 Å². The molecule has 0 aliphatic carbocycles. The van der Waals surface area contributed by atoms with E-state index in [1.807, 2.05) is 31.2 Å². The molecular weight excluding hydrogens is 280 g/mol. The Morgan fingerprint density at radius 3 is 2.71 bits per heavy atom. The number of rotatable bonds is 3. The van der Waals surface area contributed by atoms with Crippen LogP contribution in [0.25, 0.3) is 0 Å². The monoisotopic (exact) mass is 290 g/mol. The van der Waals surface area contributed by atoms with Crippen LogP contribution < -0.4 is 4.74 Å². The van der Waals surface area contributed by atoms with E-state index in [9.17, 15) is 4.79 Å². The van der Waals surface area contributed by atoms with Gasteiger partial charge in [-0.25, -0.2) is 0 Å². The van der Waals surface area contributed by atoms with E-state index in [0.717, 1.165) is 22.1 Å². The minimum Gasteiger partial charge on any atom is -0.456 e. The Morgan fingerprint density at radius 2 is 2.00 bits per heavy atom. The maximum atomic E-state index is 10.7. The van der Waals surface area contributed by atoms with Crippen molar-refractivity contribution in [3.05, 3.63) is 58.1 Å². The molecule has 2 aromatic rings. The Morgan fingerprint density at radius 1 is 1.18 bits per heavy atom. The molecule has 0 unspecified atom stereocenters. The molecule has 0 bridgehead atoms. The normalized spacial score (nSPS) is 10.0. The van der Waals surface area contributed by atoms with Gasteiger partial charge >= 0.3 is 0 Å². The number of halogens is 1. The molecular formula is C14H11BrO2. The molecule has 0 saturated carbocycles. The maximum absolute atomic E-state index is 10.7. The van der Waals surface area contributed by atoms with Crippen molar-refractivity contribution >= 4 is 22.2 Å². The minimum atomic E-state index is 0.603. The van der Waals surface area contributed by atoms with Gasteiger partial charge in [-0.1, -0.05) is 18.2 Å². The zero-order valence-corrected chi connectivity index (χ0v) is 10.9. The average molecular weight is 291 g/mol. The molecule has 17 heavy (non-hydrogen) atoms. The molecule has 0 radical (unpaired) electrons. The predicted molar refractivity (Wildman–Crippen MR) is 70.8 cm³/mol. The van der Waals surface area contributed by atoms with Gasteiger partial charge in [-0.15, -0.1) is 0 Å². The third kappa shape index (κ3) is 2.94. The van der Waals surface area contributed by atoms with Crippen LogP contribution in [0.15, 0.2) is 46.9 Å². The molecule has 0 amide bonds. The summed E-state index contributed by atoms with van der Waals surface area (Å²) in [6, 6.07) is 12.9. The van der Waals surface area contributed by atoms with Crippen molar-refractivity contribution < 1.29 is 9.53 Å². The van der Waals surface area contributed by atoms with Gasteiger partial charge in [0.1, 0.15) is 17.8 Å². The molecule has 0 heterocycles. The zero-order valence-electron chi connectivity index (χ0n) is 9.31. The standard InChI is InChI=1S/C14H11BrO2/c1-10-5-6-14(13(15)7-10)17-12-4-2-3-11(8-12)9-16/h2-9H,1H3. The van der Waals surface area contributed by atoms with E-state index in [4.69, 9.17) is 4.74 Å². The lowest BCUT2D eigenvalue weighted by Crippen LogP contribution is -1.87. The average Bonchev–Trinajstić information content (AvgIpc) is 2.33. The Bertz CT molecular complexity index is 550. The third-order valence-electron chi connectivity index (χ3n) is 2.31. The molecule has 2 aromatic carbocycles. The van der Waals surface area contributed by atoms with E-state index >= 15 is 0 Å². The van der Waals surface area contributed by atoms with Gasteiger partial charge in [0.15, 0.2) is 0 Å². The molecule has 0 saturated heterocycles. The first-order chi connectivity index (χ1) is 8.19. The highest BCUT2D eigenvalue weighted by atomic mass is 79.9. The highest BCUT2D eigenvalue weighted by Crippen LogP contribution is 2.30. The molecule has 0 aliphatic rings. The smallest absolute Gasteiger partial charge is 0.150 e. The van der Waals surface area contributed by atoms with Gasteiger partial charge in [0.25, 0.3) is 0 Å². The Balaban J connectivity index is 2.27. The van der Waals surface area contributed by atoms with Crippen LogP contribution >= 0.6 is 15.9 Å². The second-order valence-electron chi connectivity index (χ2n) is 3.73. The molecule has 0 aliphatic heterocycles. The first-order valence-electron chi connectivity index (χ1n) is 5.18. The molecule has 0 aromatic heterocycles. The first kappa shape index (κ1) is 11.9. The number of benzene rings is 2. The number of ether oxygens (including phenoxy) is 1. The number of aryl methyl sites for hydroxylation is 1. The summed E-state index contributed by atoms with van der Waals surface area (Å²) < 4.78 is 6.60. The van der Waals surface area contributed by atoms with Gasteiger partial charge in [-0.2, -0.15) is 0 Å². The maximum Gasteiger partial charge on any atom is 0.150 e. The molecule has 86 valence electrons. The molecule has 0 N–H and O–H groups in total. The van der Waals surface area contributed by atoms with E-state index in [1.165, 1.54) is 0 Å². The number of carbonyl (C=O) groups excluding carboxylic acids is 1. The summed E-state index contributed by atoms with van der Waals surface area (Å²) in [5.41, 5.74) is 1.76. The molecule has 3 heteroatoms. The topological polar surface area (TPSA) is 26.3 Å². The summed E-state index contributed by atoms with van der Waals surface area (Å²) in [5, 5.41) is 0. The highest BCUT2D eigenvalue weighted by Gasteiger charge is 2.03. The largest absolute Gasteiger partial charge is 0.456 e. The molecule has 0 spiro atoms. The van der Waals surface area contributed by atoms with Crippen LogP contribution in [0, 0.1) is 6.92 Å². The number of hydrogen-bond donors (Lipinski definition) is 0. The van der Waals surface area contributed by atoms with Gasteiger partial charge in [0.05, 0.1) is 4.47 Å². The molecule has 2 nitrogen and oxygen atoms in total. The lowest BCUT2D eigenvalue weighted by molar-refractivity contribution is 0.112. The second-order valence-corrected chi connectivity index (χ2v) is 4.58. The van der Waals surface area contributed by atoms with Crippen molar-refractivity contribution in [2.24, 2.45) is 0 Å². The van der Waals surface area contributed by atoms with Crippen LogP contribution in [0.1, 0.15) is 15.9 Å². The fraction of sp³-hybridized carbons (Fsp3) is 0.0714. The number of hydrogen-bond acceptors (Lipinski definition) is 2. The Hall–Kier alpha value is -1.61. The Kier molecular flexibility index (Phi) is 3.59. The molecule has 0 fully saturated rings. The summed E-state index contributed by atoms with van der Waals surface area (Å²) in [7, 11) is 0. The van der Waals surface area contributed by atoms with E-state index in [0.29, 0.717) is 11.3 Å². The van der Waals surface area contributed by atoms with Gasteiger partial charge in [0, 0.05) is 5.56 Å². The van der Waals surface area contributed by atoms with Crippen molar-refractivity contribution in [3.63, 3.8) is 0 Å². The lowest BCUT2D eigenvalue weighted by atomic mass is 10.2. The predicted octanol–water partition coefficient (Wildman–Crippen LogP) is 4.36. The van der Waals surface area contributed by atoms with Crippen LogP contribution in [0.5, 0.6) is 11.5 Å².